The lowest BCUT2D eigenvalue weighted by molar-refractivity contribution is -0.139. The zero-order valence-corrected chi connectivity index (χ0v) is 24.5. The van der Waals surface area contributed by atoms with E-state index in [4.69, 9.17) is 0 Å². The first-order valence-electron chi connectivity index (χ1n) is 13.2. The van der Waals surface area contributed by atoms with Crippen LogP contribution in [-0.2, 0) is 26.0 Å². The number of nitrogens with one attached hydrogen (secondary N) is 1. The molecule has 1 unspecified atom stereocenters. The average Bonchev–Trinajstić information content (AvgIpc) is 2.88. The predicted molar refractivity (Wildman–Crippen MR) is 156 cm³/mol. The predicted octanol–water partition coefficient (Wildman–Crippen LogP) is 4.79. The van der Waals surface area contributed by atoms with Crippen molar-refractivity contribution in [3.05, 3.63) is 95.1 Å². The monoisotopic (exact) mass is 549 g/mol. The highest BCUT2D eigenvalue weighted by Gasteiger charge is 2.33. The molecule has 0 aromatic heterocycles. The summed E-state index contributed by atoms with van der Waals surface area (Å²) >= 11 is 0. The minimum absolute atomic E-state index is 0.0975. The van der Waals surface area contributed by atoms with Gasteiger partial charge in [-0.2, -0.15) is 0 Å². The van der Waals surface area contributed by atoms with E-state index in [2.05, 4.69) is 5.32 Å². The molecule has 0 bridgehead atoms. The largest absolute Gasteiger partial charge is 0.352 e. The van der Waals surface area contributed by atoms with Crippen LogP contribution in [0.1, 0.15) is 43.0 Å². The van der Waals surface area contributed by atoms with Gasteiger partial charge in [0.25, 0.3) is 10.0 Å². The molecule has 1 atom stereocenters. The maximum Gasteiger partial charge on any atom is 0.264 e. The van der Waals surface area contributed by atoms with Gasteiger partial charge in [-0.25, -0.2) is 8.42 Å². The summed E-state index contributed by atoms with van der Waals surface area (Å²) in [5.74, 6) is -0.737. The Labute approximate surface area is 232 Å². The van der Waals surface area contributed by atoms with E-state index in [1.54, 1.807) is 37.3 Å². The fourth-order valence-electron chi connectivity index (χ4n) is 4.41. The molecule has 2 amide bonds. The van der Waals surface area contributed by atoms with Crippen LogP contribution in [0.4, 0.5) is 5.69 Å². The molecule has 39 heavy (non-hydrogen) atoms. The Morgan fingerprint density at radius 3 is 2.05 bits per heavy atom. The van der Waals surface area contributed by atoms with Crippen LogP contribution in [0.15, 0.2) is 77.7 Å². The third kappa shape index (κ3) is 7.69. The molecule has 0 aliphatic heterocycles. The number of anilines is 1. The molecule has 0 saturated heterocycles. The Kier molecular flexibility index (Phi) is 9.92. The summed E-state index contributed by atoms with van der Waals surface area (Å²) in [7, 11) is -4.08. The van der Waals surface area contributed by atoms with Crippen molar-refractivity contribution in [3.63, 3.8) is 0 Å². The van der Waals surface area contributed by atoms with E-state index in [9.17, 15) is 18.0 Å². The van der Waals surface area contributed by atoms with Gasteiger partial charge in [0.15, 0.2) is 0 Å². The van der Waals surface area contributed by atoms with Gasteiger partial charge in [-0.1, -0.05) is 65.7 Å². The zero-order chi connectivity index (χ0) is 28.7. The van der Waals surface area contributed by atoms with Crippen LogP contribution in [0.3, 0.4) is 0 Å². The molecular weight excluding hydrogens is 510 g/mol. The molecule has 3 rings (SSSR count). The van der Waals surface area contributed by atoms with Gasteiger partial charge < -0.3 is 10.2 Å². The van der Waals surface area contributed by atoms with Crippen LogP contribution >= 0.6 is 0 Å². The quantitative estimate of drug-likeness (QED) is 0.373. The van der Waals surface area contributed by atoms with Gasteiger partial charge in [0.05, 0.1) is 10.6 Å². The van der Waals surface area contributed by atoms with Crippen molar-refractivity contribution in [1.82, 2.24) is 10.2 Å². The highest BCUT2D eigenvalue weighted by atomic mass is 32.2. The normalized spacial score (nSPS) is 12.2. The van der Waals surface area contributed by atoms with Crippen LogP contribution < -0.4 is 9.62 Å². The van der Waals surface area contributed by atoms with E-state index in [-0.39, 0.29) is 23.4 Å². The highest BCUT2D eigenvalue weighted by molar-refractivity contribution is 7.92. The summed E-state index contributed by atoms with van der Waals surface area (Å²) in [6.45, 7) is 10.9. The first kappa shape index (κ1) is 29.9. The van der Waals surface area contributed by atoms with Crippen molar-refractivity contribution in [3.8, 4) is 0 Å². The molecule has 3 aromatic rings. The SMILES string of the molecule is Cc1ccc(S(=O)(=O)N(CC(=O)N(CCc2ccccc2)C(C)C(=O)NC(C)C)c2ccc(C)cc2C)cc1. The van der Waals surface area contributed by atoms with Gasteiger partial charge >= 0.3 is 0 Å². The topological polar surface area (TPSA) is 86.8 Å². The van der Waals surface area contributed by atoms with Crippen LogP contribution in [0.25, 0.3) is 0 Å². The second-order valence-electron chi connectivity index (χ2n) is 10.3. The molecule has 0 spiro atoms. The van der Waals surface area contributed by atoms with Gasteiger partial charge in [-0.05, 0) is 77.3 Å². The minimum Gasteiger partial charge on any atom is -0.352 e. The third-order valence-corrected chi connectivity index (χ3v) is 8.37. The molecule has 8 heteroatoms. The third-order valence-electron chi connectivity index (χ3n) is 6.59. The van der Waals surface area contributed by atoms with Crippen LogP contribution in [0, 0.1) is 20.8 Å². The van der Waals surface area contributed by atoms with Crippen molar-refractivity contribution < 1.29 is 18.0 Å². The molecule has 7 nitrogen and oxygen atoms in total. The van der Waals surface area contributed by atoms with E-state index >= 15 is 0 Å². The summed E-state index contributed by atoms with van der Waals surface area (Å²) in [4.78, 5) is 28.5. The van der Waals surface area contributed by atoms with Gasteiger partial charge in [-0.3, -0.25) is 13.9 Å². The van der Waals surface area contributed by atoms with Crippen molar-refractivity contribution in [2.75, 3.05) is 17.4 Å². The molecule has 3 aromatic carbocycles. The number of hydrogen-bond donors (Lipinski definition) is 1. The Morgan fingerprint density at radius 1 is 0.846 bits per heavy atom. The number of benzene rings is 3. The fourth-order valence-corrected chi connectivity index (χ4v) is 5.89. The van der Waals surface area contributed by atoms with Crippen molar-refractivity contribution in [1.29, 1.82) is 0 Å². The molecule has 0 heterocycles. The average molecular weight is 550 g/mol. The molecule has 208 valence electrons. The van der Waals surface area contributed by atoms with Gasteiger partial charge in [0, 0.05) is 12.6 Å². The second-order valence-corrected chi connectivity index (χ2v) is 12.1. The molecule has 0 aliphatic carbocycles. The summed E-state index contributed by atoms with van der Waals surface area (Å²) in [6, 6.07) is 20.8. The Hall–Kier alpha value is -3.65. The van der Waals surface area contributed by atoms with Crippen molar-refractivity contribution in [2.24, 2.45) is 0 Å². The van der Waals surface area contributed by atoms with Crippen molar-refractivity contribution in [2.45, 2.75) is 64.9 Å². The lowest BCUT2D eigenvalue weighted by Gasteiger charge is -2.32. The molecule has 0 fully saturated rings. The zero-order valence-electron chi connectivity index (χ0n) is 23.6. The van der Waals surface area contributed by atoms with Gasteiger partial charge in [0.1, 0.15) is 12.6 Å². The highest BCUT2D eigenvalue weighted by Crippen LogP contribution is 2.28. The first-order valence-corrected chi connectivity index (χ1v) is 14.6. The minimum atomic E-state index is -4.08. The molecule has 0 aliphatic rings. The van der Waals surface area contributed by atoms with Crippen LogP contribution in [-0.4, -0.2) is 50.3 Å². The number of sulfonamides is 1. The van der Waals surface area contributed by atoms with Crippen LogP contribution in [0.2, 0.25) is 0 Å². The summed E-state index contributed by atoms with van der Waals surface area (Å²) in [6.07, 6.45) is 0.528. The number of hydrogen-bond acceptors (Lipinski definition) is 4. The standard InChI is InChI=1S/C31H39N3O4S/c1-22(2)32-31(36)26(6)33(19-18-27-10-8-7-9-11-27)30(35)21-34(29-17-14-24(4)20-25(29)5)39(37,38)28-15-12-23(3)13-16-28/h7-17,20,22,26H,18-19,21H2,1-6H3,(H,32,36). The number of rotatable bonds is 11. The number of amides is 2. The fraction of sp³-hybridized carbons (Fsp3) is 0.355. The number of carbonyl (C=O) groups is 2. The molecule has 0 radical (unpaired) electrons. The Balaban J connectivity index is 2.01. The van der Waals surface area contributed by atoms with E-state index in [1.165, 1.54) is 4.90 Å². The summed E-state index contributed by atoms with van der Waals surface area (Å²) < 4.78 is 29.1. The number of aryl methyl sites for hydroxylation is 3. The van der Waals surface area contributed by atoms with Gasteiger partial charge in [0.2, 0.25) is 11.8 Å². The van der Waals surface area contributed by atoms with Crippen LogP contribution in [0.5, 0.6) is 0 Å². The van der Waals surface area contributed by atoms with E-state index in [1.807, 2.05) is 77.1 Å². The molecule has 1 N–H and O–H groups in total. The Morgan fingerprint density at radius 2 is 1.46 bits per heavy atom. The lowest BCUT2D eigenvalue weighted by Crippen LogP contribution is -2.53. The van der Waals surface area contributed by atoms with Gasteiger partial charge in [-0.15, -0.1) is 0 Å². The maximum atomic E-state index is 13.9. The lowest BCUT2D eigenvalue weighted by atomic mass is 10.1. The molecular formula is C31H39N3O4S. The Bertz CT molecular complexity index is 1390. The van der Waals surface area contributed by atoms with E-state index in [0.717, 1.165) is 26.6 Å². The van der Waals surface area contributed by atoms with E-state index < -0.39 is 28.5 Å². The maximum absolute atomic E-state index is 13.9. The number of nitrogens with zero attached hydrogens (tertiary/aromatic N) is 2. The van der Waals surface area contributed by atoms with Crippen molar-refractivity contribution >= 4 is 27.5 Å². The summed E-state index contributed by atoms with van der Waals surface area (Å²) in [5.41, 5.74) is 4.10. The molecule has 0 saturated carbocycles. The first-order chi connectivity index (χ1) is 18.4. The summed E-state index contributed by atoms with van der Waals surface area (Å²) in [5, 5.41) is 2.87. The smallest absolute Gasteiger partial charge is 0.264 e. The number of carbonyl (C=O) groups excluding carboxylic acids is 2. The second kappa shape index (κ2) is 12.9. The van der Waals surface area contributed by atoms with E-state index in [0.29, 0.717) is 12.1 Å².